The van der Waals surface area contributed by atoms with Crippen LogP contribution in [0, 0.1) is 0 Å². The molecule has 0 radical (unpaired) electrons. The monoisotopic (exact) mass is 284 g/mol. The summed E-state index contributed by atoms with van der Waals surface area (Å²) in [7, 11) is 1.88. The van der Waals surface area contributed by atoms with Crippen molar-refractivity contribution in [3.63, 3.8) is 0 Å². The number of hydrogen-bond acceptors (Lipinski definition) is 4. The molecule has 0 saturated carbocycles. The van der Waals surface area contributed by atoms with E-state index in [0.29, 0.717) is 0 Å². The minimum Gasteiger partial charge on any atom is -0.373 e. The van der Waals surface area contributed by atoms with Gasteiger partial charge < -0.3 is 10.6 Å². The zero-order chi connectivity index (χ0) is 15.3. The zero-order valence-electron chi connectivity index (χ0n) is 13.3. The lowest BCUT2D eigenvalue weighted by Gasteiger charge is -2.19. The Hall–Kier alpha value is -2.10. The molecule has 2 rings (SSSR count). The summed E-state index contributed by atoms with van der Waals surface area (Å²) in [5.74, 6) is 2.56. The average Bonchev–Trinajstić information content (AvgIpc) is 2.47. The molecule has 1 aromatic heterocycles. The molecule has 0 atom stereocenters. The van der Waals surface area contributed by atoms with Crippen molar-refractivity contribution in [2.75, 3.05) is 24.2 Å². The molecule has 0 saturated heterocycles. The maximum absolute atomic E-state index is 4.62. The second-order valence-electron chi connectivity index (χ2n) is 6.12. The molecular weight excluding hydrogens is 260 g/mol. The van der Waals surface area contributed by atoms with Gasteiger partial charge in [0.15, 0.2) is 0 Å². The van der Waals surface area contributed by atoms with Crippen molar-refractivity contribution in [3.05, 3.63) is 47.8 Å². The largest absolute Gasteiger partial charge is 0.373 e. The minimum atomic E-state index is -0.0667. The van der Waals surface area contributed by atoms with E-state index < -0.39 is 0 Å². The van der Waals surface area contributed by atoms with Gasteiger partial charge in [-0.05, 0) is 12.0 Å². The Morgan fingerprint density at radius 3 is 2.29 bits per heavy atom. The molecule has 21 heavy (non-hydrogen) atoms. The average molecular weight is 284 g/mol. The van der Waals surface area contributed by atoms with Crippen LogP contribution in [0.1, 0.15) is 32.2 Å². The van der Waals surface area contributed by atoms with Gasteiger partial charge in [0.25, 0.3) is 0 Å². The van der Waals surface area contributed by atoms with Gasteiger partial charge in [-0.25, -0.2) is 9.97 Å². The third-order valence-corrected chi connectivity index (χ3v) is 3.22. The van der Waals surface area contributed by atoms with Gasteiger partial charge >= 0.3 is 0 Å². The number of benzene rings is 1. The first kappa shape index (κ1) is 15.3. The van der Waals surface area contributed by atoms with E-state index in [9.17, 15) is 0 Å². The van der Waals surface area contributed by atoms with Crippen LogP contribution in [0.2, 0.25) is 0 Å². The van der Waals surface area contributed by atoms with Crippen LogP contribution in [-0.4, -0.2) is 23.6 Å². The van der Waals surface area contributed by atoms with Crippen molar-refractivity contribution in [2.45, 2.75) is 32.6 Å². The molecule has 0 bridgehead atoms. The summed E-state index contributed by atoms with van der Waals surface area (Å²) in [6.45, 7) is 7.22. The van der Waals surface area contributed by atoms with E-state index in [1.54, 1.807) is 0 Å². The fraction of sp³-hybridized carbons (Fsp3) is 0.412. The van der Waals surface area contributed by atoms with Crippen LogP contribution in [0.5, 0.6) is 0 Å². The molecule has 0 fully saturated rings. The molecule has 1 aromatic carbocycles. The number of nitrogens with zero attached hydrogens (tertiary/aromatic N) is 2. The summed E-state index contributed by atoms with van der Waals surface area (Å²) in [6, 6.07) is 12.4. The number of hydrogen-bond donors (Lipinski definition) is 2. The van der Waals surface area contributed by atoms with Crippen molar-refractivity contribution >= 4 is 11.6 Å². The summed E-state index contributed by atoms with van der Waals surface area (Å²) < 4.78 is 0. The fourth-order valence-electron chi connectivity index (χ4n) is 1.98. The summed E-state index contributed by atoms with van der Waals surface area (Å²) in [5, 5.41) is 6.49. The van der Waals surface area contributed by atoms with Crippen molar-refractivity contribution in [1.82, 2.24) is 9.97 Å². The van der Waals surface area contributed by atoms with Crippen molar-refractivity contribution in [3.8, 4) is 0 Å². The molecule has 2 N–H and O–H groups in total. The molecular formula is C17H24N4. The smallest absolute Gasteiger partial charge is 0.138 e. The molecule has 112 valence electrons. The Morgan fingerprint density at radius 1 is 1.00 bits per heavy atom. The zero-order valence-corrected chi connectivity index (χ0v) is 13.3. The normalized spacial score (nSPS) is 11.2. The molecule has 4 heteroatoms. The van der Waals surface area contributed by atoms with Crippen LogP contribution < -0.4 is 10.6 Å². The van der Waals surface area contributed by atoms with Crippen LogP contribution in [0.4, 0.5) is 11.6 Å². The Labute approximate surface area is 127 Å². The topological polar surface area (TPSA) is 49.8 Å². The summed E-state index contributed by atoms with van der Waals surface area (Å²) in [4.78, 5) is 9.15. The Bertz CT molecular complexity index is 573. The van der Waals surface area contributed by atoms with Crippen LogP contribution >= 0.6 is 0 Å². The van der Waals surface area contributed by atoms with Crippen LogP contribution in [0.3, 0.4) is 0 Å². The highest BCUT2D eigenvalue weighted by molar-refractivity contribution is 5.48. The van der Waals surface area contributed by atoms with Crippen molar-refractivity contribution in [1.29, 1.82) is 0 Å². The SMILES string of the molecule is CNc1cc(NCCc2ccccc2)nc(C(C)(C)C)n1. The molecule has 0 amide bonds. The predicted molar refractivity (Wildman–Crippen MR) is 88.9 cm³/mol. The lowest BCUT2D eigenvalue weighted by atomic mass is 9.96. The molecule has 0 aliphatic carbocycles. The summed E-state index contributed by atoms with van der Waals surface area (Å²) in [6.07, 6.45) is 0.977. The van der Waals surface area contributed by atoms with E-state index in [1.807, 2.05) is 19.2 Å². The molecule has 4 nitrogen and oxygen atoms in total. The number of nitrogens with one attached hydrogen (secondary N) is 2. The van der Waals surface area contributed by atoms with Crippen LogP contribution in [0.15, 0.2) is 36.4 Å². The number of anilines is 2. The van der Waals surface area contributed by atoms with Gasteiger partial charge in [0.2, 0.25) is 0 Å². The van der Waals surface area contributed by atoms with Crippen LogP contribution in [0.25, 0.3) is 0 Å². The number of rotatable bonds is 5. The first-order valence-corrected chi connectivity index (χ1v) is 7.34. The highest BCUT2D eigenvalue weighted by atomic mass is 15.1. The molecule has 0 aliphatic rings. The maximum Gasteiger partial charge on any atom is 0.138 e. The molecule has 0 aliphatic heterocycles. The lowest BCUT2D eigenvalue weighted by Crippen LogP contribution is -2.18. The van der Waals surface area contributed by atoms with Gasteiger partial charge in [0.1, 0.15) is 17.5 Å². The summed E-state index contributed by atoms with van der Waals surface area (Å²) in [5.41, 5.74) is 1.26. The Morgan fingerprint density at radius 2 is 1.67 bits per heavy atom. The van der Waals surface area contributed by atoms with E-state index in [4.69, 9.17) is 0 Å². The van der Waals surface area contributed by atoms with Gasteiger partial charge in [0, 0.05) is 25.1 Å². The molecule has 2 aromatic rings. The molecule has 0 unspecified atom stereocenters. The lowest BCUT2D eigenvalue weighted by molar-refractivity contribution is 0.546. The highest BCUT2D eigenvalue weighted by Gasteiger charge is 2.18. The van der Waals surface area contributed by atoms with E-state index >= 15 is 0 Å². The first-order valence-electron chi connectivity index (χ1n) is 7.34. The quantitative estimate of drug-likeness (QED) is 0.882. The number of aromatic nitrogens is 2. The highest BCUT2D eigenvalue weighted by Crippen LogP contribution is 2.22. The molecule has 0 spiro atoms. The van der Waals surface area contributed by atoms with E-state index in [2.05, 4.69) is 65.6 Å². The van der Waals surface area contributed by atoms with Crippen LogP contribution in [-0.2, 0) is 11.8 Å². The van der Waals surface area contributed by atoms with Gasteiger partial charge in [0.05, 0.1) is 0 Å². The first-order chi connectivity index (χ1) is 9.99. The van der Waals surface area contributed by atoms with Crippen molar-refractivity contribution < 1.29 is 0 Å². The Balaban J connectivity index is 2.05. The van der Waals surface area contributed by atoms with E-state index in [1.165, 1.54) is 5.56 Å². The van der Waals surface area contributed by atoms with Gasteiger partial charge in [-0.2, -0.15) is 0 Å². The third-order valence-electron chi connectivity index (χ3n) is 3.22. The van der Waals surface area contributed by atoms with Crippen molar-refractivity contribution in [2.24, 2.45) is 0 Å². The van der Waals surface area contributed by atoms with Gasteiger partial charge in [-0.15, -0.1) is 0 Å². The predicted octanol–water partition coefficient (Wildman–Crippen LogP) is 3.47. The Kier molecular flexibility index (Phi) is 4.78. The van der Waals surface area contributed by atoms with E-state index in [0.717, 1.165) is 30.4 Å². The van der Waals surface area contributed by atoms with E-state index in [-0.39, 0.29) is 5.41 Å². The second-order valence-corrected chi connectivity index (χ2v) is 6.12. The fourth-order valence-corrected chi connectivity index (χ4v) is 1.98. The van der Waals surface area contributed by atoms with Gasteiger partial charge in [-0.1, -0.05) is 51.1 Å². The third kappa shape index (κ3) is 4.45. The van der Waals surface area contributed by atoms with Gasteiger partial charge in [-0.3, -0.25) is 0 Å². The summed E-state index contributed by atoms with van der Waals surface area (Å²) >= 11 is 0. The second kappa shape index (κ2) is 6.57. The molecule has 1 heterocycles. The maximum atomic E-state index is 4.62. The standard InChI is InChI=1S/C17H24N4/c1-17(2,3)16-20-14(18-4)12-15(21-16)19-11-10-13-8-6-5-7-9-13/h5-9,12H,10-11H2,1-4H3,(H2,18,19,20,21). The minimum absolute atomic E-state index is 0.0667.